The number of pyridine rings is 1. The highest BCUT2D eigenvalue weighted by atomic mass is 16.1. The SMILES string of the molecule is Cc1ccc(C#N)cc1C(=O)Nc1ccncc1. The first-order valence-corrected chi connectivity index (χ1v) is 5.43. The Morgan fingerprint density at radius 3 is 2.67 bits per heavy atom. The fraction of sp³-hybridized carbons (Fsp3) is 0.0714. The molecule has 4 heteroatoms. The van der Waals surface area contributed by atoms with E-state index in [0.29, 0.717) is 16.8 Å². The van der Waals surface area contributed by atoms with Gasteiger partial charge in [-0.2, -0.15) is 5.26 Å². The number of nitrogens with one attached hydrogen (secondary N) is 1. The number of aryl methyl sites for hydroxylation is 1. The summed E-state index contributed by atoms with van der Waals surface area (Å²) < 4.78 is 0. The topological polar surface area (TPSA) is 65.8 Å². The van der Waals surface area contributed by atoms with Gasteiger partial charge in [0.1, 0.15) is 0 Å². The van der Waals surface area contributed by atoms with E-state index in [9.17, 15) is 4.79 Å². The van der Waals surface area contributed by atoms with E-state index >= 15 is 0 Å². The van der Waals surface area contributed by atoms with E-state index in [1.165, 1.54) is 0 Å². The molecule has 0 fully saturated rings. The van der Waals surface area contributed by atoms with Crippen LogP contribution in [-0.4, -0.2) is 10.9 Å². The monoisotopic (exact) mass is 237 g/mol. The molecule has 0 saturated heterocycles. The first-order valence-electron chi connectivity index (χ1n) is 5.43. The van der Waals surface area contributed by atoms with Gasteiger partial charge in [0.15, 0.2) is 0 Å². The summed E-state index contributed by atoms with van der Waals surface area (Å²) in [6.45, 7) is 1.84. The fourth-order valence-corrected chi connectivity index (χ4v) is 1.57. The minimum Gasteiger partial charge on any atom is -0.322 e. The molecule has 2 rings (SSSR count). The normalized spacial score (nSPS) is 9.56. The maximum Gasteiger partial charge on any atom is 0.255 e. The molecule has 0 bridgehead atoms. The number of aromatic nitrogens is 1. The van der Waals surface area contributed by atoms with E-state index in [0.717, 1.165) is 5.56 Å². The quantitative estimate of drug-likeness (QED) is 0.872. The number of benzene rings is 1. The van der Waals surface area contributed by atoms with Crippen molar-refractivity contribution in [3.05, 3.63) is 59.4 Å². The fourth-order valence-electron chi connectivity index (χ4n) is 1.57. The van der Waals surface area contributed by atoms with Crippen LogP contribution in [0, 0.1) is 18.3 Å². The lowest BCUT2D eigenvalue weighted by molar-refractivity contribution is 0.102. The Kier molecular flexibility index (Phi) is 3.35. The van der Waals surface area contributed by atoms with Crippen molar-refractivity contribution in [1.82, 2.24) is 4.98 Å². The molecule has 1 amide bonds. The molecular weight excluding hydrogens is 226 g/mol. The number of hydrogen-bond donors (Lipinski definition) is 1. The van der Waals surface area contributed by atoms with E-state index < -0.39 is 0 Å². The van der Waals surface area contributed by atoms with Gasteiger partial charge in [-0.3, -0.25) is 9.78 Å². The van der Waals surface area contributed by atoms with Gasteiger partial charge in [-0.25, -0.2) is 0 Å². The third-order valence-corrected chi connectivity index (χ3v) is 2.55. The molecule has 1 heterocycles. The lowest BCUT2D eigenvalue weighted by Crippen LogP contribution is -2.13. The standard InChI is InChI=1S/C14H11N3O/c1-10-2-3-11(9-15)8-13(10)14(18)17-12-4-6-16-7-5-12/h2-8H,1H3,(H,16,17,18). The minimum atomic E-state index is -0.226. The Labute approximate surface area is 105 Å². The smallest absolute Gasteiger partial charge is 0.255 e. The average Bonchev–Trinajstić information content (AvgIpc) is 2.40. The van der Waals surface area contributed by atoms with Crippen LogP contribution < -0.4 is 5.32 Å². The second-order valence-electron chi connectivity index (χ2n) is 3.83. The van der Waals surface area contributed by atoms with Gasteiger partial charge in [0, 0.05) is 23.6 Å². The van der Waals surface area contributed by atoms with Gasteiger partial charge in [-0.05, 0) is 36.8 Å². The van der Waals surface area contributed by atoms with Crippen molar-refractivity contribution in [2.75, 3.05) is 5.32 Å². The van der Waals surface area contributed by atoms with Crippen LogP contribution in [0.4, 0.5) is 5.69 Å². The van der Waals surface area contributed by atoms with Crippen molar-refractivity contribution in [3.63, 3.8) is 0 Å². The number of nitrogens with zero attached hydrogens (tertiary/aromatic N) is 2. The molecule has 18 heavy (non-hydrogen) atoms. The van der Waals surface area contributed by atoms with Crippen LogP contribution in [0.3, 0.4) is 0 Å². The van der Waals surface area contributed by atoms with E-state index in [2.05, 4.69) is 10.3 Å². The molecule has 0 radical (unpaired) electrons. The zero-order valence-corrected chi connectivity index (χ0v) is 9.84. The van der Waals surface area contributed by atoms with Crippen LogP contribution in [0.25, 0.3) is 0 Å². The van der Waals surface area contributed by atoms with Gasteiger partial charge in [0.25, 0.3) is 5.91 Å². The Bertz CT molecular complexity index is 615. The molecule has 0 aliphatic carbocycles. The molecule has 0 unspecified atom stereocenters. The van der Waals surface area contributed by atoms with Gasteiger partial charge >= 0.3 is 0 Å². The molecule has 0 aliphatic heterocycles. The molecule has 1 aromatic carbocycles. The summed E-state index contributed by atoms with van der Waals surface area (Å²) in [4.78, 5) is 15.9. The van der Waals surface area contributed by atoms with Crippen LogP contribution in [0.15, 0.2) is 42.7 Å². The Hall–Kier alpha value is -2.67. The third kappa shape index (κ3) is 2.53. The summed E-state index contributed by atoms with van der Waals surface area (Å²) in [6.07, 6.45) is 3.21. The Morgan fingerprint density at radius 2 is 2.00 bits per heavy atom. The Morgan fingerprint density at radius 1 is 1.28 bits per heavy atom. The predicted octanol–water partition coefficient (Wildman–Crippen LogP) is 2.51. The van der Waals surface area contributed by atoms with Gasteiger partial charge in [-0.1, -0.05) is 6.07 Å². The molecule has 0 spiro atoms. The van der Waals surface area contributed by atoms with Crippen LogP contribution in [0.1, 0.15) is 21.5 Å². The second-order valence-corrected chi connectivity index (χ2v) is 3.83. The van der Waals surface area contributed by atoms with Crippen LogP contribution >= 0.6 is 0 Å². The van der Waals surface area contributed by atoms with Gasteiger partial charge in [0.05, 0.1) is 11.6 Å². The summed E-state index contributed by atoms with van der Waals surface area (Å²) in [7, 11) is 0. The van der Waals surface area contributed by atoms with E-state index in [1.807, 2.05) is 13.0 Å². The zero-order chi connectivity index (χ0) is 13.0. The van der Waals surface area contributed by atoms with Crippen molar-refractivity contribution >= 4 is 11.6 Å². The number of anilines is 1. The van der Waals surface area contributed by atoms with Crippen molar-refractivity contribution in [1.29, 1.82) is 5.26 Å². The maximum atomic E-state index is 12.1. The molecule has 1 N–H and O–H groups in total. The minimum absolute atomic E-state index is 0.226. The van der Waals surface area contributed by atoms with E-state index in [4.69, 9.17) is 5.26 Å². The first kappa shape index (κ1) is 11.8. The number of carbonyl (C=O) groups is 1. The van der Waals surface area contributed by atoms with E-state index in [1.54, 1.807) is 42.7 Å². The molecule has 1 aromatic heterocycles. The first-order chi connectivity index (χ1) is 8.70. The largest absolute Gasteiger partial charge is 0.322 e. The van der Waals surface area contributed by atoms with Crippen LogP contribution in [0.5, 0.6) is 0 Å². The van der Waals surface area contributed by atoms with Crippen molar-refractivity contribution in [2.24, 2.45) is 0 Å². The maximum absolute atomic E-state index is 12.1. The third-order valence-electron chi connectivity index (χ3n) is 2.55. The lowest BCUT2D eigenvalue weighted by Gasteiger charge is -2.07. The number of rotatable bonds is 2. The molecule has 4 nitrogen and oxygen atoms in total. The molecule has 0 aliphatic rings. The number of carbonyl (C=O) groups excluding carboxylic acids is 1. The van der Waals surface area contributed by atoms with Crippen molar-refractivity contribution in [3.8, 4) is 6.07 Å². The summed E-state index contributed by atoms with van der Waals surface area (Å²) in [5.41, 5.74) is 2.49. The van der Waals surface area contributed by atoms with Gasteiger partial charge < -0.3 is 5.32 Å². The molecule has 0 saturated carbocycles. The summed E-state index contributed by atoms with van der Waals surface area (Å²) in [5, 5.41) is 11.6. The summed E-state index contributed by atoms with van der Waals surface area (Å²) in [6, 6.07) is 10.5. The Balaban J connectivity index is 2.27. The van der Waals surface area contributed by atoms with Gasteiger partial charge in [0.2, 0.25) is 0 Å². The molecular formula is C14H11N3O. The predicted molar refractivity (Wildman–Crippen MR) is 68.1 cm³/mol. The lowest BCUT2D eigenvalue weighted by atomic mass is 10.0. The number of hydrogen-bond acceptors (Lipinski definition) is 3. The summed E-state index contributed by atoms with van der Waals surface area (Å²) >= 11 is 0. The molecule has 88 valence electrons. The molecule has 2 aromatic rings. The number of amides is 1. The second kappa shape index (κ2) is 5.11. The van der Waals surface area contributed by atoms with Crippen LogP contribution in [-0.2, 0) is 0 Å². The highest BCUT2D eigenvalue weighted by Gasteiger charge is 2.10. The average molecular weight is 237 g/mol. The number of nitriles is 1. The summed E-state index contributed by atoms with van der Waals surface area (Å²) in [5.74, 6) is -0.226. The van der Waals surface area contributed by atoms with E-state index in [-0.39, 0.29) is 5.91 Å². The van der Waals surface area contributed by atoms with Crippen LogP contribution in [0.2, 0.25) is 0 Å². The van der Waals surface area contributed by atoms with Crippen molar-refractivity contribution < 1.29 is 4.79 Å². The molecule has 0 atom stereocenters. The van der Waals surface area contributed by atoms with Crippen molar-refractivity contribution in [2.45, 2.75) is 6.92 Å². The zero-order valence-electron chi connectivity index (χ0n) is 9.84. The highest BCUT2D eigenvalue weighted by Crippen LogP contribution is 2.13. The van der Waals surface area contributed by atoms with Gasteiger partial charge in [-0.15, -0.1) is 0 Å². The highest BCUT2D eigenvalue weighted by molar-refractivity contribution is 6.05.